The summed E-state index contributed by atoms with van der Waals surface area (Å²) in [6, 6.07) is 4.90. The summed E-state index contributed by atoms with van der Waals surface area (Å²) in [7, 11) is 1.51. The predicted octanol–water partition coefficient (Wildman–Crippen LogP) is 3.75. The van der Waals surface area contributed by atoms with Gasteiger partial charge in [0.2, 0.25) is 5.95 Å². The van der Waals surface area contributed by atoms with Crippen LogP contribution in [0.3, 0.4) is 0 Å². The first-order valence-electron chi connectivity index (χ1n) is 9.74. The van der Waals surface area contributed by atoms with Crippen LogP contribution >= 0.6 is 11.6 Å². The van der Waals surface area contributed by atoms with E-state index in [1.54, 1.807) is 24.4 Å². The average Bonchev–Trinajstić information content (AvgIpc) is 3.38. The second-order valence-corrected chi connectivity index (χ2v) is 7.41. The Balaban J connectivity index is 1.75. The molecule has 4 rings (SSSR count). The molecule has 0 unspecified atom stereocenters. The smallest absolute Gasteiger partial charge is 0.260 e. The van der Waals surface area contributed by atoms with Gasteiger partial charge >= 0.3 is 0 Å². The van der Waals surface area contributed by atoms with Gasteiger partial charge in [0.25, 0.3) is 5.91 Å². The lowest BCUT2D eigenvalue weighted by molar-refractivity contribution is 0.102. The fourth-order valence-electron chi connectivity index (χ4n) is 3.50. The fraction of sp³-hybridized carbons (Fsp3) is 0.400. The number of nitrogens with one attached hydrogen (secondary N) is 1. The van der Waals surface area contributed by atoms with Gasteiger partial charge in [-0.05, 0) is 37.5 Å². The molecule has 1 N–H and O–H groups in total. The first-order chi connectivity index (χ1) is 14.1. The van der Waals surface area contributed by atoms with E-state index in [1.165, 1.54) is 7.11 Å². The van der Waals surface area contributed by atoms with Crippen LogP contribution in [-0.4, -0.2) is 45.9 Å². The molecule has 2 aromatic heterocycles. The van der Waals surface area contributed by atoms with Crippen molar-refractivity contribution in [2.75, 3.05) is 30.4 Å². The number of anilines is 2. The molecule has 0 bridgehead atoms. The van der Waals surface area contributed by atoms with Crippen LogP contribution in [0.25, 0.3) is 11.0 Å². The molecule has 3 heterocycles. The molecule has 0 radical (unpaired) electrons. The Labute approximate surface area is 173 Å². The lowest BCUT2D eigenvalue weighted by Crippen LogP contribution is -2.22. The van der Waals surface area contributed by atoms with Gasteiger partial charge in [0.15, 0.2) is 5.65 Å². The van der Waals surface area contributed by atoms with Crippen molar-refractivity contribution in [3.05, 3.63) is 35.0 Å². The van der Waals surface area contributed by atoms with Crippen molar-refractivity contribution in [1.82, 2.24) is 19.7 Å². The molecule has 0 saturated carbocycles. The number of halogens is 1. The summed E-state index contributed by atoms with van der Waals surface area (Å²) in [5.74, 6) is 1.14. The number of aromatic nitrogens is 4. The van der Waals surface area contributed by atoms with Gasteiger partial charge in [-0.1, -0.05) is 18.5 Å². The largest absolute Gasteiger partial charge is 0.496 e. The molecule has 3 aromatic rings. The summed E-state index contributed by atoms with van der Waals surface area (Å²) in [5, 5.41) is 8.57. The van der Waals surface area contributed by atoms with E-state index in [1.807, 2.05) is 4.68 Å². The molecule has 1 amide bonds. The van der Waals surface area contributed by atoms with Crippen LogP contribution < -0.4 is 15.0 Å². The van der Waals surface area contributed by atoms with Gasteiger partial charge in [-0.15, -0.1) is 0 Å². The van der Waals surface area contributed by atoms with Gasteiger partial charge in [0, 0.05) is 24.7 Å². The number of fused-ring (bicyclic) bond motifs is 1. The summed E-state index contributed by atoms with van der Waals surface area (Å²) in [5.41, 5.74) is 1.11. The number of aryl methyl sites for hydroxylation is 1. The van der Waals surface area contributed by atoms with Crippen LogP contribution in [-0.2, 0) is 6.54 Å². The highest BCUT2D eigenvalue weighted by atomic mass is 35.5. The Morgan fingerprint density at radius 3 is 2.79 bits per heavy atom. The van der Waals surface area contributed by atoms with Crippen LogP contribution in [0.4, 0.5) is 11.8 Å². The molecule has 8 nitrogen and oxygen atoms in total. The number of carbonyl (C=O) groups is 1. The zero-order valence-corrected chi connectivity index (χ0v) is 17.2. The minimum Gasteiger partial charge on any atom is -0.496 e. The second-order valence-electron chi connectivity index (χ2n) is 6.97. The second kappa shape index (κ2) is 8.24. The van der Waals surface area contributed by atoms with Crippen molar-refractivity contribution < 1.29 is 9.53 Å². The van der Waals surface area contributed by atoms with Crippen molar-refractivity contribution in [3.8, 4) is 5.75 Å². The van der Waals surface area contributed by atoms with Gasteiger partial charge < -0.3 is 15.0 Å². The van der Waals surface area contributed by atoms with Crippen LogP contribution in [0.2, 0.25) is 5.02 Å². The molecule has 152 valence electrons. The van der Waals surface area contributed by atoms with E-state index in [-0.39, 0.29) is 5.91 Å². The van der Waals surface area contributed by atoms with E-state index in [4.69, 9.17) is 21.3 Å². The quantitative estimate of drug-likeness (QED) is 0.661. The first-order valence-corrected chi connectivity index (χ1v) is 10.1. The Morgan fingerprint density at radius 2 is 2.07 bits per heavy atom. The number of benzene rings is 1. The number of hydrogen-bond donors (Lipinski definition) is 1. The lowest BCUT2D eigenvalue weighted by atomic mass is 10.2. The van der Waals surface area contributed by atoms with Crippen LogP contribution in [0.15, 0.2) is 24.4 Å². The standard InChI is InChI=1S/C20H23ClN6O2/c1-3-8-27-18-15(12-22-27)17(24-20(25-18)26-9-4-5-10-26)23-19(28)14-7-6-13(21)11-16(14)29-2/h6-7,11-12H,3-5,8-10H2,1-2H3,(H,23,24,25,28). The first kappa shape index (κ1) is 19.4. The van der Waals surface area contributed by atoms with E-state index >= 15 is 0 Å². The zero-order valence-electron chi connectivity index (χ0n) is 16.5. The topological polar surface area (TPSA) is 85.2 Å². The summed E-state index contributed by atoms with van der Waals surface area (Å²) >= 11 is 6.02. The van der Waals surface area contributed by atoms with Crippen molar-refractivity contribution >= 4 is 40.3 Å². The Kier molecular flexibility index (Phi) is 5.53. The SMILES string of the molecule is CCCn1ncc2c(NC(=O)c3ccc(Cl)cc3OC)nc(N3CCCC3)nc21. The number of amides is 1. The molecular formula is C20H23ClN6O2. The molecule has 1 aliphatic rings. The number of methoxy groups -OCH3 is 1. The summed E-state index contributed by atoms with van der Waals surface area (Å²) in [6.45, 7) is 4.65. The number of ether oxygens (including phenoxy) is 1. The molecule has 0 aliphatic carbocycles. The average molecular weight is 415 g/mol. The number of hydrogen-bond acceptors (Lipinski definition) is 6. The zero-order chi connectivity index (χ0) is 20.4. The molecular weight excluding hydrogens is 392 g/mol. The van der Waals surface area contributed by atoms with Gasteiger partial charge in [0.05, 0.1) is 24.3 Å². The highest BCUT2D eigenvalue weighted by Gasteiger charge is 2.21. The minimum atomic E-state index is -0.325. The number of nitrogens with zero attached hydrogens (tertiary/aromatic N) is 5. The van der Waals surface area contributed by atoms with Crippen molar-refractivity contribution in [3.63, 3.8) is 0 Å². The van der Waals surface area contributed by atoms with E-state index < -0.39 is 0 Å². The minimum absolute atomic E-state index is 0.325. The van der Waals surface area contributed by atoms with E-state index in [0.717, 1.165) is 44.5 Å². The van der Waals surface area contributed by atoms with E-state index in [0.29, 0.717) is 33.5 Å². The van der Waals surface area contributed by atoms with Gasteiger partial charge in [-0.25, -0.2) is 4.68 Å². The maximum atomic E-state index is 13.0. The molecule has 1 aliphatic heterocycles. The summed E-state index contributed by atoms with van der Waals surface area (Å²) in [6.07, 6.45) is 4.86. The molecule has 1 saturated heterocycles. The maximum Gasteiger partial charge on any atom is 0.260 e. The molecule has 0 atom stereocenters. The van der Waals surface area contributed by atoms with E-state index in [9.17, 15) is 4.79 Å². The van der Waals surface area contributed by atoms with E-state index in [2.05, 4.69) is 27.2 Å². The van der Waals surface area contributed by atoms with Crippen LogP contribution in [0.1, 0.15) is 36.5 Å². The predicted molar refractivity (Wildman–Crippen MR) is 113 cm³/mol. The monoisotopic (exact) mass is 414 g/mol. The summed E-state index contributed by atoms with van der Waals surface area (Å²) in [4.78, 5) is 24.5. The number of carbonyl (C=O) groups excluding carboxylic acids is 1. The molecule has 1 fully saturated rings. The third-order valence-corrected chi connectivity index (χ3v) is 5.18. The Morgan fingerprint density at radius 1 is 1.28 bits per heavy atom. The Hall–Kier alpha value is -2.87. The maximum absolute atomic E-state index is 13.0. The molecule has 29 heavy (non-hydrogen) atoms. The fourth-order valence-corrected chi connectivity index (χ4v) is 3.66. The van der Waals surface area contributed by atoms with Crippen LogP contribution in [0.5, 0.6) is 5.75 Å². The van der Waals surface area contributed by atoms with Crippen LogP contribution in [0, 0.1) is 0 Å². The molecule has 0 spiro atoms. The number of rotatable bonds is 6. The van der Waals surface area contributed by atoms with Gasteiger partial charge in [0.1, 0.15) is 11.6 Å². The third-order valence-electron chi connectivity index (χ3n) is 4.95. The highest BCUT2D eigenvalue weighted by molar-refractivity contribution is 6.31. The third kappa shape index (κ3) is 3.85. The van der Waals surface area contributed by atoms with Gasteiger partial charge in [-0.2, -0.15) is 15.1 Å². The lowest BCUT2D eigenvalue weighted by Gasteiger charge is -2.17. The van der Waals surface area contributed by atoms with Crippen molar-refractivity contribution in [2.45, 2.75) is 32.7 Å². The van der Waals surface area contributed by atoms with Crippen molar-refractivity contribution in [1.29, 1.82) is 0 Å². The molecule has 9 heteroatoms. The normalized spacial score (nSPS) is 13.8. The Bertz CT molecular complexity index is 1040. The molecule has 1 aromatic carbocycles. The van der Waals surface area contributed by atoms with Crippen molar-refractivity contribution in [2.24, 2.45) is 0 Å². The van der Waals surface area contributed by atoms with Gasteiger partial charge in [-0.3, -0.25) is 4.79 Å². The highest BCUT2D eigenvalue weighted by Crippen LogP contribution is 2.28. The summed E-state index contributed by atoms with van der Waals surface area (Å²) < 4.78 is 7.17.